The summed E-state index contributed by atoms with van der Waals surface area (Å²) in [5.74, 6) is -1.16. The van der Waals surface area contributed by atoms with Gasteiger partial charge >= 0.3 is 0 Å². The molecule has 0 fully saturated rings. The average molecular weight is 259 g/mol. The second-order valence-electron chi connectivity index (χ2n) is 4.59. The number of hydrogen-bond donors (Lipinski definition) is 2. The topological polar surface area (TPSA) is 41.5 Å². The first-order valence-corrected chi connectivity index (χ1v) is 5.95. The molecule has 2 N–H and O–H groups in total. The Morgan fingerprint density at radius 3 is 2.56 bits per heavy atom. The van der Waals surface area contributed by atoms with Crippen molar-refractivity contribution in [3.05, 3.63) is 29.8 Å². The van der Waals surface area contributed by atoms with Gasteiger partial charge in [0.05, 0.1) is 0 Å². The van der Waals surface area contributed by atoms with Crippen molar-refractivity contribution in [1.29, 1.82) is 0 Å². The fraction of sp³-hybridized carbons (Fsp3) is 0.538. The van der Waals surface area contributed by atoms with Crippen molar-refractivity contribution in [2.24, 2.45) is 5.92 Å². The van der Waals surface area contributed by atoms with Crippen molar-refractivity contribution in [2.45, 2.75) is 20.0 Å². The van der Waals surface area contributed by atoms with Gasteiger partial charge in [0.1, 0.15) is 18.5 Å². The highest BCUT2D eigenvalue weighted by molar-refractivity contribution is 5.23. The third-order valence-electron chi connectivity index (χ3n) is 2.27. The molecular formula is C13H19F2NO2. The van der Waals surface area contributed by atoms with E-state index in [2.05, 4.69) is 19.2 Å². The van der Waals surface area contributed by atoms with Crippen LogP contribution in [0.1, 0.15) is 13.8 Å². The van der Waals surface area contributed by atoms with Gasteiger partial charge in [0.2, 0.25) is 0 Å². The lowest BCUT2D eigenvalue weighted by Crippen LogP contribution is -2.33. The molecule has 3 nitrogen and oxygen atoms in total. The quantitative estimate of drug-likeness (QED) is 0.786. The van der Waals surface area contributed by atoms with Gasteiger partial charge in [-0.05, 0) is 24.6 Å². The maximum atomic E-state index is 12.9. The van der Waals surface area contributed by atoms with Crippen LogP contribution in [0.4, 0.5) is 8.78 Å². The van der Waals surface area contributed by atoms with Gasteiger partial charge in [0, 0.05) is 12.6 Å². The van der Waals surface area contributed by atoms with Crippen LogP contribution in [0.5, 0.6) is 5.75 Å². The van der Waals surface area contributed by atoms with Crippen LogP contribution in [-0.4, -0.2) is 30.9 Å². The predicted molar refractivity (Wildman–Crippen MR) is 65.6 cm³/mol. The molecule has 1 aromatic rings. The maximum absolute atomic E-state index is 12.9. The molecule has 0 saturated heterocycles. The third-order valence-corrected chi connectivity index (χ3v) is 2.27. The second kappa shape index (κ2) is 7.28. The van der Waals surface area contributed by atoms with Gasteiger partial charge in [-0.3, -0.25) is 0 Å². The zero-order chi connectivity index (χ0) is 13.5. The standard InChI is InChI=1S/C13H19F2NO2/c1-9(2)6-16-7-10(17)8-18-11-3-4-12(14)13(15)5-11/h3-5,9-10,16-17H,6-8H2,1-2H3. The van der Waals surface area contributed by atoms with Gasteiger partial charge < -0.3 is 15.2 Å². The fourth-order valence-corrected chi connectivity index (χ4v) is 1.36. The molecule has 18 heavy (non-hydrogen) atoms. The molecule has 0 heterocycles. The van der Waals surface area contributed by atoms with Gasteiger partial charge in [0.25, 0.3) is 0 Å². The minimum Gasteiger partial charge on any atom is -0.491 e. The monoisotopic (exact) mass is 259 g/mol. The summed E-state index contributed by atoms with van der Waals surface area (Å²) in [4.78, 5) is 0. The van der Waals surface area contributed by atoms with E-state index >= 15 is 0 Å². The molecule has 0 bridgehead atoms. The summed E-state index contributed by atoms with van der Waals surface area (Å²) in [6.07, 6.45) is -0.683. The molecule has 1 aromatic carbocycles. The van der Waals surface area contributed by atoms with E-state index in [1.807, 2.05) is 0 Å². The van der Waals surface area contributed by atoms with Crippen LogP contribution >= 0.6 is 0 Å². The minimum atomic E-state index is -0.958. The number of rotatable bonds is 7. The van der Waals surface area contributed by atoms with E-state index < -0.39 is 17.7 Å². The molecule has 0 amide bonds. The normalized spacial score (nSPS) is 12.8. The summed E-state index contributed by atoms with van der Waals surface area (Å²) in [7, 11) is 0. The third kappa shape index (κ3) is 5.42. The van der Waals surface area contributed by atoms with Gasteiger partial charge in [-0.1, -0.05) is 13.8 Å². The first kappa shape index (κ1) is 14.9. The van der Waals surface area contributed by atoms with Crippen LogP contribution in [-0.2, 0) is 0 Å². The Hall–Kier alpha value is -1.20. The average Bonchev–Trinajstić information content (AvgIpc) is 2.30. The molecule has 0 aliphatic heterocycles. The van der Waals surface area contributed by atoms with Crippen molar-refractivity contribution in [3.8, 4) is 5.75 Å². The Bertz CT molecular complexity index is 372. The zero-order valence-corrected chi connectivity index (χ0v) is 10.6. The van der Waals surface area contributed by atoms with Gasteiger partial charge in [-0.2, -0.15) is 0 Å². The smallest absolute Gasteiger partial charge is 0.162 e. The maximum Gasteiger partial charge on any atom is 0.162 e. The van der Waals surface area contributed by atoms with Crippen LogP contribution in [0.2, 0.25) is 0 Å². The molecule has 5 heteroatoms. The van der Waals surface area contributed by atoms with E-state index in [1.54, 1.807) is 0 Å². The van der Waals surface area contributed by atoms with E-state index in [1.165, 1.54) is 6.07 Å². The fourth-order valence-electron chi connectivity index (χ4n) is 1.36. The van der Waals surface area contributed by atoms with E-state index in [0.29, 0.717) is 12.5 Å². The SMILES string of the molecule is CC(C)CNCC(O)COc1ccc(F)c(F)c1. The summed E-state index contributed by atoms with van der Waals surface area (Å²) in [5.41, 5.74) is 0. The highest BCUT2D eigenvalue weighted by Gasteiger charge is 2.07. The first-order valence-electron chi connectivity index (χ1n) is 5.95. The van der Waals surface area contributed by atoms with Crippen LogP contribution in [0.3, 0.4) is 0 Å². The largest absolute Gasteiger partial charge is 0.491 e. The van der Waals surface area contributed by atoms with Crippen LogP contribution in [0.25, 0.3) is 0 Å². The molecule has 0 saturated carbocycles. The molecule has 1 unspecified atom stereocenters. The van der Waals surface area contributed by atoms with Crippen LogP contribution in [0, 0.1) is 17.6 Å². The van der Waals surface area contributed by atoms with Crippen molar-refractivity contribution in [2.75, 3.05) is 19.7 Å². The predicted octanol–water partition coefficient (Wildman–Crippen LogP) is 1.95. The lowest BCUT2D eigenvalue weighted by Gasteiger charge is -2.14. The zero-order valence-electron chi connectivity index (χ0n) is 10.6. The van der Waals surface area contributed by atoms with Crippen LogP contribution in [0.15, 0.2) is 18.2 Å². The van der Waals surface area contributed by atoms with E-state index in [4.69, 9.17) is 4.74 Å². The van der Waals surface area contributed by atoms with Crippen LogP contribution < -0.4 is 10.1 Å². The number of ether oxygens (including phenoxy) is 1. The van der Waals surface area contributed by atoms with Crippen molar-refractivity contribution in [1.82, 2.24) is 5.32 Å². The Labute approximate surface area is 106 Å². The second-order valence-corrected chi connectivity index (χ2v) is 4.59. The van der Waals surface area contributed by atoms with Crippen molar-refractivity contribution < 1.29 is 18.6 Å². The number of nitrogens with one attached hydrogen (secondary N) is 1. The van der Waals surface area contributed by atoms with E-state index in [0.717, 1.165) is 18.7 Å². The number of aliphatic hydroxyl groups excluding tert-OH is 1. The van der Waals surface area contributed by atoms with Crippen molar-refractivity contribution >= 4 is 0 Å². The Balaban J connectivity index is 2.29. The number of benzene rings is 1. The summed E-state index contributed by atoms with van der Waals surface area (Å²) in [6.45, 7) is 5.38. The molecule has 1 atom stereocenters. The Morgan fingerprint density at radius 1 is 1.22 bits per heavy atom. The van der Waals surface area contributed by atoms with Gasteiger partial charge in [-0.25, -0.2) is 8.78 Å². The molecule has 0 aliphatic rings. The molecule has 0 aromatic heterocycles. The number of halogens is 2. The van der Waals surface area contributed by atoms with Crippen molar-refractivity contribution in [3.63, 3.8) is 0 Å². The summed E-state index contributed by atoms with van der Waals surface area (Å²) < 4.78 is 30.7. The molecule has 0 aliphatic carbocycles. The molecule has 0 spiro atoms. The highest BCUT2D eigenvalue weighted by Crippen LogP contribution is 2.15. The molecule has 0 radical (unpaired) electrons. The summed E-state index contributed by atoms with van der Waals surface area (Å²) >= 11 is 0. The number of aliphatic hydroxyl groups is 1. The molecule has 102 valence electrons. The Kier molecular flexibility index (Phi) is 6.01. The van der Waals surface area contributed by atoms with Gasteiger partial charge in [-0.15, -0.1) is 0 Å². The molecule has 1 rings (SSSR count). The minimum absolute atomic E-state index is 0.0379. The number of hydrogen-bond acceptors (Lipinski definition) is 3. The highest BCUT2D eigenvalue weighted by atomic mass is 19.2. The first-order chi connectivity index (χ1) is 8.49. The van der Waals surface area contributed by atoms with E-state index in [-0.39, 0.29) is 12.4 Å². The summed E-state index contributed by atoms with van der Waals surface area (Å²) in [6, 6.07) is 3.28. The van der Waals surface area contributed by atoms with Gasteiger partial charge in [0.15, 0.2) is 11.6 Å². The van der Waals surface area contributed by atoms with E-state index in [9.17, 15) is 13.9 Å². The summed E-state index contributed by atoms with van der Waals surface area (Å²) in [5, 5.41) is 12.7. The molecular weight excluding hydrogens is 240 g/mol. The lowest BCUT2D eigenvalue weighted by molar-refractivity contribution is 0.105. The lowest BCUT2D eigenvalue weighted by atomic mass is 10.2. The Morgan fingerprint density at radius 2 is 1.94 bits per heavy atom.